The van der Waals surface area contributed by atoms with E-state index in [9.17, 15) is 9.90 Å². The zero-order valence-electron chi connectivity index (χ0n) is 14.3. The van der Waals surface area contributed by atoms with E-state index in [1.165, 1.54) is 18.2 Å². The standard InChI is InChI=1S/C17H25ClN2O3S/c1-3-23-15(21)13-12(19-16(24-2)20-14(13)18)11-17(22)9-7-5-4-6-8-10-17/h22H,3-11H2,1-2H3. The normalized spacial score (nSPS) is 17.8. The van der Waals surface area contributed by atoms with Crippen molar-refractivity contribution in [3.63, 3.8) is 0 Å². The molecule has 1 saturated carbocycles. The number of carbonyl (C=O) groups is 1. The van der Waals surface area contributed by atoms with Crippen molar-refractivity contribution in [2.75, 3.05) is 12.9 Å². The number of hydrogen-bond acceptors (Lipinski definition) is 6. The molecule has 1 aromatic heterocycles. The average molecular weight is 373 g/mol. The fourth-order valence-electron chi connectivity index (χ4n) is 3.13. The van der Waals surface area contributed by atoms with Crippen molar-refractivity contribution in [1.29, 1.82) is 0 Å². The zero-order valence-corrected chi connectivity index (χ0v) is 15.9. The summed E-state index contributed by atoms with van der Waals surface area (Å²) in [5.41, 5.74) is -0.178. The molecule has 7 heteroatoms. The van der Waals surface area contributed by atoms with Crippen LogP contribution in [0, 0.1) is 0 Å². The number of aromatic nitrogens is 2. The molecule has 1 aliphatic carbocycles. The number of aliphatic hydroxyl groups is 1. The third kappa shape index (κ3) is 5.07. The van der Waals surface area contributed by atoms with Crippen LogP contribution in [-0.2, 0) is 11.2 Å². The number of rotatable bonds is 5. The number of esters is 1. The van der Waals surface area contributed by atoms with Crippen LogP contribution < -0.4 is 0 Å². The van der Waals surface area contributed by atoms with E-state index in [4.69, 9.17) is 16.3 Å². The molecule has 0 unspecified atom stereocenters. The minimum atomic E-state index is -0.852. The van der Waals surface area contributed by atoms with E-state index in [0.29, 0.717) is 30.1 Å². The molecule has 1 heterocycles. The van der Waals surface area contributed by atoms with Crippen molar-refractivity contribution >= 4 is 29.3 Å². The van der Waals surface area contributed by atoms with Gasteiger partial charge in [0.2, 0.25) is 0 Å². The van der Waals surface area contributed by atoms with Crippen molar-refractivity contribution in [1.82, 2.24) is 9.97 Å². The van der Waals surface area contributed by atoms with Gasteiger partial charge in [-0.15, -0.1) is 0 Å². The van der Waals surface area contributed by atoms with Crippen LogP contribution in [0.5, 0.6) is 0 Å². The van der Waals surface area contributed by atoms with Crippen LogP contribution in [0.25, 0.3) is 0 Å². The van der Waals surface area contributed by atoms with Gasteiger partial charge in [0.1, 0.15) is 10.7 Å². The number of nitrogens with zero attached hydrogens (tertiary/aromatic N) is 2. The van der Waals surface area contributed by atoms with Crippen molar-refractivity contribution in [2.24, 2.45) is 0 Å². The second-order valence-corrected chi connectivity index (χ2v) is 7.34. The van der Waals surface area contributed by atoms with Gasteiger partial charge in [0.05, 0.1) is 17.9 Å². The van der Waals surface area contributed by atoms with Gasteiger partial charge in [-0.25, -0.2) is 14.8 Å². The molecule has 0 spiro atoms. The first kappa shape index (κ1) is 19.5. The van der Waals surface area contributed by atoms with Gasteiger partial charge in [-0.3, -0.25) is 0 Å². The lowest BCUT2D eigenvalue weighted by Gasteiger charge is -2.30. The molecule has 0 bridgehead atoms. The minimum Gasteiger partial charge on any atom is -0.462 e. The molecular formula is C17H25ClN2O3S. The number of thioether (sulfide) groups is 1. The van der Waals surface area contributed by atoms with E-state index >= 15 is 0 Å². The highest BCUT2D eigenvalue weighted by Gasteiger charge is 2.32. The molecule has 24 heavy (non-hydrogen) atoms. The maximum atomic E-state index is 12.3. The van der Waals surface area contributed by atoms with E-state index in [1.807, 2.05) is 6.26 Å². The van der Waals surface area contributed by atoms with Gasteiger partial charge in [-0.05, 0) is 26.0 Å². The van der Waals surface area contributed by atoms with Crippen molar-refractivity contribution in [2.45, 2.75) is 69.0 Å². The van der Waals surface area contributed by atoms with Gasteiger partial charge in [-0.1, -0.05) is 55.5 Å². The van der Waals surface area contributed by atoms with Crippen LogP contribution in [0.2, 0.25) is 5.15 Å². The predicted molar refractivity (Wildman–Crippen MR) is 95.8 cm³/mol. The molecule has 134 valence electrons. The molecule has 1 fully saturated rings. The Morgan fingerprint density at radius 3 is 2.46 bits per heavy atom. The first-order valence-electron chi connectivity index (χ1n) is 8.49. The largest absolute Gasteiger partial charge is 0.462 e. The van der Waals surface area contributed by atoms with Crippen molar-refractivity contribution < 1.29 is 14.6 Å². The first-order valence-corrected chi connectivity index (χ1v) is 10.1. The highest BCUT2D eigenvalue weighted by atomic mass is 35.5. The summed E-state index contributed by atoms with van der Waals surface area (Å²) in [6.07, 6.45) is 9.04. The van der Waals surface area contributed by atoms with Gasteiger partial charge in [0.25, 0.3) is 0 Å². The Balaban J connectivity index is 2.35. The molecule has 5 nitrogen and oxygen atoms in total. The summed E-state index contributed by atoms with van der Waals surface area (Å²) < 4.78 is 5.10. The SMILES string of the molecule is CCOC(=O)c1c(Cl)nc(SC)nc1CC1(O)CCCCCCC1. The zero-order chi connectivity index (χ0) is 17.6. The summed E-state index contributed by atoms with van der Waals surface area (Å²) in [5, 5.41) is 11.7. The van der Waals surface area contributed by atoms with Crippen LogP contribution in [-0.4, -0.2) is 39.5 Å². The topological polar surface area (TPSA) is 72.3 Å². The molecule has 0 amide bonds. The Morgan fingerprint density at radius 2 is 1.88 bits per heavy atom. The fourth-order valence-corrected chi connectivity index (χ4v) is 3.83. The predicted octanol–water partition coefficient (Wildman–Crippen LogP) is 4.05. The summed E-state index contributed by atoms with van der Waals surface area (Å²) in [7, 11) is 0. The minimum absolute atomic E-state index is 0.0947. The Labute approximate surface area is 152 Å². The maximum Gasteiger partial charge on any atom is 0.343 e. The van der Waals surface area contributed by atoms with E-state index in [0.717, 1.165) is 25.7 Å². The monoisotopic (exact) mass is 372 g/mol. The second-order valence-electron chi connectivity index (χ2n) is 6.21. The summed E-state index contributed by atoms with van der Waals surface area (Å²) in [6.45, 7) is 1.99. The van der Waals surface area contributed by atoms with Gasteiger partial charge in [-0.2, -0.15) is 0 Å². The lowest BCUT2D eigenvalue weighted by molar-refractivity contribution is 0.0130. The second kappa shape index (κ2) is 9.02. The van der Waals surface area contributed by atoms with E-state index in [1.54, 1.807) is 6.92 Å². The molecule has 0 radical (unpaired) electrons. The molecule has 0 aromatic carbocycles. The summed E-state index contributed by atoms with van der Waals surface area (Å²) in [6, 6.07) is 0. The molecule has 0 aliphatic heterocycles. The molecule has 1 N–H and O–H groups in total. The highest BCUT2D eigenvalue weighted by Crippen LogP contribution is 2.32. The third-order valence-corrected chi connectivity index (χ3v) is 5.18. The molecular weight excluding hydrogens is 348 g/mol. The van der Waals surface area contributed by atoms with E-state index in [-0.39, 0.29) is 17.3 Å². The van der Waals surface area contributed by atoms with Gasteiger partial charge < -0.3 is 9.84 Å². The maximum absolute atomic E-state index is 12.3. The van der Waals surface area contributed by atoms with Crippen LogP contribution in [0.3, 0.4) is 0 Å². The van der Waals surface area contributed by atoms with Gasteiger partial charge in [0, 0.05) is 6.42 Å². The van der Waals surface area contributed by atoms with E-state index < -0.39 is 11.6 Å². The van der Waals surface area contributed by atoms with Crippen LogP contribution in [0.15, 0.2) is 5.16 Å². The molecule has 0 saturated heterocycles. The van der Waals surface area contributed by atoms with Crippen LogP contribution in [0.4, 0.5) is 0 Å². The average Bonchev–Trinajstić information content (AvgIpc) is 2.51. The van der Waals surface area contributed by atoms with Crippen molar-refractivity contribution in [3.8, 4) is 0 Å². The first-order chi connectivity index (χ1) is 11.5. The lowest BCUT2D eigenvalue weighted by Crippen LogP contribution is -2.33. The number of halogens is 1. The Kier molecular flexibility index (Phi) is 7.32. The fraction of sp³-hybridized carbons (Fsp3) is 0.706. The molecule has 1 aromatic rings. The number of carbonyl (C=O) groups excluding carboxylic acids is 1. The van der Waals surface area contributed by atoms with Crippen LogP contribution in [0.1, 0.15) is 67.9 Å². The highest BCUT2D eigenvalue weighted by molar-refractivity contribution is 7.98. The van der Waals surface area contributed by atoms with Crippen molar-refractivity contribution in [3.05, 3.63) is 16.4 Å². The van der Waals surface area contributed by atoms with Crippen LogP contribution >= 0.6 is 23.4 Å². The molecule has 1 aliphatic rings. The summed E-state index contributed by atoms with van der Waals surface area (Å²) in [5.74, 6) is -0.528. The Bertz CT molecular complexity index is 575. The smallest absolute Gasteiger partial charge is 0.343 e. The van der Waals surface area contributed by atoms with Gasteiger partial charge in [0.15, 0.2) is 5.16 Å². The molecule has 2 rings (SSSR count). The lowest BCUT2D eigenvalue weighted by atomic mass is 9.83. The van der Waals surface area contributed by atoms with Gasteiger partial charge >= 0.3 is 5.97 Å². The number of ether oxygens (including phenoxy) is 1. The molecule has 0 atom stereocenters. The summed E-state index contributed by atoms with van der Waals surface area (Å²) in [4.78, 5) is 20.9. The Hall–Kier alpha value is -0.850. The third-order valence-electron chi connectivity index (χ3n) is 4.36. The Morgan fingerprint density at radius 1 is 1.25 bits per heavy atom. The number of hydrogen-bond donors (Lipinski definition) is 1. The summed E-state index contributed by atoms with van der Waals surface area (Å²) >= 11 is 7.58. The quantitative estimate of drug-likeness (QED) is 0.364. The van der Waals surface area contributed by atoms with E-state index in [2.05, 4.69) is 9.97 Å².